The van der Waals surface area contributed by atoms with Gasteiger partial charge in [0.25, 0.3) is 0 Å². The molecule has 0 aliphatic carbocycles. The van der Waals surface area contributed by atoms with Crippen molar-refractivity contribution in [2.24, 2.45) is 0 Å². The summed E-state index contributed by atoms with van der Waals surface area (Å²) in [6, 6.07) is 6.10. The van der Waals surface area contributed by atoms with Crippen LogP contribution in [-0.2, 0) is 10.2 Å². The predicted octanol–water partition coefficient (Wildman–Crippen LogP) is 3.91. The largest absolute Gasteiger partial charge is 0.547 e. The van der Waals surface area contributed by atoms with E-state index in [1.165, 1.54) is 5.56 Å². The van der Waals surface area contributed by atoms with E-state index in [9.17, 15) is 4.79 Å². The number of amides is 1. The first-order valence-electron chi connectivity index (χ1n) is 7.81. The van der Waals surface area contributed by atoms with Gasteiger partial charge in [-0.1, -0.05) is 32.9 Å². The number of carbonyl (C=O) groups is 1. The zero-order valence-corrected chi connectivity index (χ0v) is 15.8. The molecule has 1 amide bonds. The molecule has 1 atom stereocenters. The Morgan fingerprint density at radius 2 is 1.91 bits per heavy atom. The Balaban J connectivity index is 2.48. The van der Waals surface area contributed by atoms with Crippen LogP contribution in [-0.4, -0.2) is 20.7 Å². The van der Waals surface area contributed by atoms with Gasteiger partial charge in [-0.3, -0.25) is 0 Å². The topological polar surface area (TPSA) is 47.6 Å². The fourth-order valence-electron chi connectivity index (χ4n) is 2.67. The van der Waals surface area contributed by atoms with Crippen molar-refractivity contribution in [3.8, 4) is 5.75 Å². The van der Waals surface area contributed by atoms with Gasteiger partial charge < -0.3 is 14.5 Å². The average molecular weight is 321 g/mol. The van der Waals surface area contributed by atoms with E-state index in [-0.39, 0.29) is 17.6 Å². The number of cyclic esters (lactones) is 1. The minimum absolute atomic E-state index is 0.0557. The summed E-state index contributed by atoms with van der Waals surface area (Å²) in [6.45, 7) is 14.7. The molecule has 1 aliphatic rings. The van der Waals surface area contributed by atoms with Crippen molar-refractivity contribution < 1.29 is 14.0 Å². The first-order chi connectivity index (χ1) is 10.0. The van der Waals surface area contributed by atoms with Gasteiger partial charge in [0.05, 0.1) is 0 Å². The van der Waals surface area contributed by atoms with Crippen LogP contribution in [0.4, 0.5) is 4.79 Å². The summed E-state index contributed by atoms with van der Waals surface area (Å²) in [6.07, 6.45) is -0.373. The van der Waals surface area contributed by atoms with Crippen LogP contribution in [0.2, 0.25) is 13.1 Å². The molecule has 0 saturated carbocycles. The Bertz CT molecular complexity index is 576. The summed E-state index contributed by atoms with van der Waals surface area (Å²) in [5.41, 5.74) is 1.69. The molecule has 1 aromatic carbocycles. The van der Waals surface area contributed by atoms with Gasteiger partial charge in [0.1, 0.15) is 17.4 Å². The lowest BCUT2D eigenvalue weighted by Crippen LogP contribution is -2.31. The Morgan fingerprint density at radius 1 is 1.27 bits per heavy atom. The fraction of sp³-hybridized carbons (Fsp3) is 0.588. The van der Waals surface area contributed by atoms with Crippen LogP contribution in [0.5, 0.6) is 5.75 Å². The number of ether oxygens (including phenoxy) is 1. The third-order valence-corrected chi connectivity index (χ3v) is 4.59. The highest BCUT2D eigenvalue weighted by Gasteiger charge is 2.43. The molecule has 1 N–H and O–H groups in total. The molecule has 0 spiro atoms. The van der Waals surface area contributed by atoms with Crippen molar-refractivity contribution in [3.63, 3.8) is 0 Å². The maximum Gasteiger partial charge on any atom is 0.408 e. The third kappa shape index (κ3) is 3.46. The molecule has 1 heterocycles. The Morgan fingerprint density at radius 3 is 2.36 bits per heavy atom. The fourth-order valence-corrected chi connectivity index (χ4v) is 3.38. The number of hydrogen-bond acceptors (Lipinski definition) is 3. The van der Waals surface area contributed by atoms with E-state index in [0.29, 0.717) is 0 Å². The minimum atomic E-state index is -1.25. The maximum absolute atomic E-state index is 11.6. The smallest absolute Gasteiger partial charge is 0.408 e. The number of alkyl carbamates (subject to hydrolysis) is 1. The summed E-state index contributed by atoms with van der Waals surface area (Å²) in [4.78, 5) is 11.6. The van der Waals surface area contributed by atoms with Crippen molar-refractivity contribution in [2.45, 2.75) is 64.8 Å². The number of benzene rings is 1. The highest BCUT2D eigenvalue weighted by Crippen LogP contribution is 2.40. The molecule has 1 saturated heterocycles. The van der Waals surface area contributed by atoms with Gasteiger partial charge in [-0.05, 0) is 44.0 Å². The van der Waals surface area contributed by atoms with E-state index in [2.05, 4.69) is 57.4 Å². The molecule has 22 heavy (non-hydrogen) atoms. The zero-order chi connectivity index (χ0) is 16.7. The quantitative estimate of drug-likeness (QED) is 0.859. The molecular formula is C17H27NO3Si. The summed E-state index contributed by atoms with van der Waals surface area (Å²) < 4.78 is 11.5. The predicted molar refractivity (Wildman–Crippen MR) is 91.1 cm³/mol. The number of carbonyl (C=O) groups excluding carboxylic acids is 1. The molecule has 0 aromatic heterocycles. The molecule has 0 bridgehead atoms. The summed E-state index contributed by atoms with van der Waals surface area (Å²) in [7, 11) is -1.25. The molecular weight excluding hydrogens is 294 g/mol. The lowest BCUT2D eigenvalue weighted by Gasteiger charge is -2.28. The first kappa shape index (κ1) is 16.9. The first-order valence-corrected chi connectivity index (χ1v) is 10.6. The van der Waals surface area contributed by atoms with Crippen molar-refractivity contribution >= 4 is 15.1 Å². The second-order valence-electron chi connectivity index (χ2n) is 7.74. The zero-order valence-electron chi connectivity index (χ0n) is 14.6. The van der Waals surface area contributed by atoms with Gasteiger partial charge in [0, 0.05) is 5.56 Å². The highest BCUT2D eigenvalue weighted by molar-refractivity contribution is 6.49. The lowest BCUT2D eigenvalue weighted by molar-refractivity contribution is 0.0680. The highest BCUT2D eigenvalue weighted by atomic mass is 28.3. The van der Waals surface area contributed by atoms with Gasteiger partial charge in [0.15, 0.2) is 0 Å². The van der Waals surface area contributed by atoms with E-state index >= 15 is 0 Å². The molecule has 1 fully saturated rings. The van der Waals surface area contributed by atoms with E-state index < -0.39 is 14.6 Å². The summed E-state index contributed by atoms with van der Waals surface area (Å²) in [5.74, 6) is 0.873. The molecule has 1 aromatic rings. The van der Waals surface area contributed by atoms with Crippen LogP contribution < -0.4 is 9.74 Å². The second kappa shape index (κ2) is 5.61. The van der Waals surface area contributed by atoms with Gasteiger partial charge in [-0.25, -0.2) is 4.79 Å². The van der Waals surface area contributed by atoms with Crippen LogP contribution in [0.3, 0.4) is 0 Å². The van der Waals surface area contributed by atoms with Crippen molar-refractivity contribution in [3.05, 3.63) is 29.3 Å². The summed E-state index contributed by atoms with van der Waals surface area (Å²) >= 11 is 0. The third-order valence-electron chi connectivity index (χ3n) is 3.87. The number of hydrogen-bond donors (Lipinski definition) is 1. The lowest BCUT2D eigenvalue weighted by atomic mass is 9.84. The Hall–Kier alpha value is -1.49. The summed E-state index contributed by atoms with van der Waals surface area (Å²) in [5, 5.41) is 2.91. The van der Waals surface area contributed by atoms with Crippen molar-refractivity contribution in [1.29, 1.82) is 0 Å². The molecule has 4 nitrogen and oxygen atoms in total. The van der Waals surface area contributed by atoms with E-state index in [1.807, 2.05) is 13.8 Å². The normalized spacial score (nSPS) is 20.7. The molecule has 5 heteroatoms. The Labute approximate surface area is 134 Å². The molecule has 1 aliphatic heterocycles. The minimum Gasteiger partial charge on any atom is -0.547 e. The van der Waals surface area contributed by atoms with Crippen LogP contribution in [0, 0.1) is 0 Å². The number of nitrogens with one attached hydrogen (secondary N) is 1. The van der Waals surface area contributed by atoms with E-state index in [4.69, 9.17) is 9.16 Å². The SMILES string of the molecule is C[SiH](C)Oc1cc(C(C)(C)C)ccc1[C@@H]1NC(=O)OC1(C)C. The van der Waals surface area contributed by atoms with Crippen LogP contribution >= 0.6 is 0 Å². The molecule has 122 valence electrons. The van der Waals surface area contributed by atoms with Crippen LogP contribution in [0.1, 0.15) is 51.8 Å². The van der Waals surface area contributed by atoms with Crippen molar-refractivity contribution in [1.82, 2.24) is 5.32 Å². The van der Waals surface area contributed by atoms with Gasteiger partial charge in [-0.2, -0.15) is 0 Å². The molecule has 0 unspecified atom stereocenters. The maximum atomic E-state index is 11.6. The van der Waals surface area contributed by atoms with Crippen LogP contribution in [0.15, 0.2) is 18.2 Å². The van der Waals surface area contributed by atoms with Crippen molar-refractivity contribution in [2.75, 3.05) is 0 Å². The molecule has 2 rings (SSSR count). The number of rotatable bonds is 3. The van der Waals surface area contributed by atoms with E-state index in [1.54, 1.807) is 0 Å². The van der Waals surface area contributed by atoms with Gasteiger partial charge in [-0.15, -0.1) is 0 Å². The average Bonchev–Trinajstić information content (AvgIpc) is 2.60. The second-order valence-corrected chi connectivity index (χ2v) is 10.1. The van der Waals surface area contributed by atoms with E-state index in [0.717, 1.165) is 11.3 Å². The van der Waals surface area contributed by atoms with Gasteiger partial charge >= 0.3 is 6.09 Å². The molecule has 0 radical (unpaired) electrons. The van der Waals surface area contributed by atoms with Gasteiger partial charge in [0.2, 0.25) is 9.04 Å². The standard InChI is InChI=1S/C17H27NO3Si/c1-16(2,3)11-8-9-12(13(10-11)21-22(6)7)14-17(4,5)20-15(19)18-14/h8-10,14,22H,1-7H3,(H,18,19)/t14-/m0/s1. The Kier molecular flexibility index (Phi) is 4.30. The van der Waals surface area contributed by atoms with Crippen LogP contribution in [0.25, 0.3) is 0 Å². The monoisotopic (exact) mass is 321 g/mol.